The molecule has 3 aromatic carbocycles. The first kappa shape index (κ1) is 38.3. The fourth-order valence-corrected chi connectivity index (χ4v) is 7.86. The van der Waals surface area contributed by atoms with Gasteiger partial charge >= 0.3 is 5.97 Å². The van der Waals surface area contributed by atoms with Gasteiger partial charge in [0.2, 0.25) is 5.56 Å². The van der Waals surface area contributed by atoms with Crippen LogP contribution in [-0.2, 0) is 9.53 Å². The molecule has 4 N–H and O–H groups in total. The van der Waals surface area contributed by atoms with E-state index >= 15 is 0 Å². The number of carbonyl (C=O) groups excluding carboxylic acids is 1. The van der Waals surface area contributed by atoms with Crippen LogP contribution < -0.4 is 20.3 Å². The number of hydrogen-bond acceptors (Lipinski definition) is 9. The van der Waals surface area contributed by atoms with Crippen LogP contribution in [0.15, 0.2) is 77.6 Å². The molecule has 0 saturated carbocycles. The molecular formula is C43H55N3O7. The molecule has 53 heavy (non-hydrogen) atoms. The second-order valence-corrected chi connectivity index (χ2v) is 14.6. The molecule has 3 aliphatic rings. The summed E-state index contributed by atoms with van der Waals surface area (Å²) in [6.45, 7) is 4.89. The quantitative estimate of drug-likeness (QED) is 0.0572. The summed E-state index contributed by atoms with van der Waals surface area (Å²) in [7, 11) is 1.66. The molecule has 3 saturated heterocycles. The van der Waals surface area contributed by atoms with Gasteiger partial charge in [0.05, 0.1) is 31.8 Å². The average Bonchev–Trinajstić information content (AvgIpc) is 3.18. The molecule has 1 aromatic heterocycles. The summed E-state index contributed by atoms with van der Waals surface area (Å²) < 4.78 is 18.0. The van der Waals surface area contributed by atoms with Crippen molar-refractivity contribution in [1.82, 2.24) is 15.2 Å². The molecule has 1 unspecified atom stereocenters. The third-order valence-electron chi connectivity index (χ3n) is 10.9. The molecule has 0 radical (unpaired) electrons. The molecule has 3 fully saturated rings. The zero-order valence-electron chi connectivity index (χ0n) is 30.9. The van der Waals surface area contributed by atoms with Crippen LogP contribution in [0.2, 0.25) is 0 Å². The number of piperidine rings is 3. The van der Waals surface area contributed by atoms with Gasteiger partial charge in [-0.15, -0.1) is 0 Å². The lowest BCUT2D eigenvalue weighted by Gasteiger charge is -2.44. The molecule has 284 valence electrons. The smallest absolute Gasteiger partial charge is 0.307 e. The SMILES string of the molecule is COc1cc(OCCCCCCCCCNC[C@H](O)c2ccc(O)c3[nH]c(=O)ccc23)cc(C(CC(=O)O[C@H]2CN3CCC2CC3)c2ccccc2)c1. The number of aromatic hydroxyl groups is 1. The first-order chi connectivity index (χ1) is 25.9. The van der Waals surface area contributed by atoms with E-state index in [4.69, 9.17) is 14.2 Å². The van der Waals surface area contributed by atoms with Crippen LogP contribution in [0, 0.1) is 5.92 Å². The highest BCUT2D eigenvalue weighted by Gasteiger charge is 2.37. The Morgan fingerprint density at radius 3 is 2.38 bits per heavy atom. The molecule has 3 atom stereocenters. The minimum atomic E-state index is -0.747. The number of methoxy groups -OCH3 is 1. The number of nitrogens with one attached hydrogen (secondary N) is 2. The highest BCUT2D eigenvalue weighted by molar-refractivity contribution is 5.87. The minimum Gasteiger partial charge on any atom is -0.506 e. The topological polar surface area (TPSA) is 133 Å². The minimum absolute atomic E-state index is 0.0103. The number of phenolic OH excluding ortho intramolecular Hbond substituents is 1. The monoisotopic (exact) mass is 725 g/mol. The summed E-state index contributed by atoms with van der Waals surface area (Å²) in [4.78, 5) is 30.1. The number of pyridine rings is 1. The van der Waals surface area contributed by atoms with Crippen LogP contribution in [-0.4, -0.2) is 78.6 Å². The number of unbranched alkanes of at least 4 members (excludes halogenated alkanes) is 6. The van der Waals surface area contributed by atoms with Gasteiger partial charge in [-0.05, 0) is 92.2 Å². The van der Waals surface area contributed by atoms with E-state index in [1.54, 1.807) is 19.2 Å². The van der Waals surface area contributed by atoms with E-state index in [1.807, 2.05) is 36.4 Å². The van der Waals surface area contributed by atoms with Crippen LogP contribution in [0.5, 0.6) is 17.2 Å². The first-order valence-electron chi connectivity index (χ1n) is 19.4. The van der Waals surface area contributed by atoms with Gasteiger partial charge in [-0.25, -0.2) is 0 Å². The van der Waals surface area contributed by atoms with E-state index in [9.17, 15) is 19.8 Å². The van der Waals surface area contributed by atoms with Crippen molar-refractivity contribution in [3.63, 3.8) is 0 Å². The molecule has 4 aromatic rings. The standard InChI is InChI=1S/C43H55N3O7/c1-51-33-24-32(37(30-12-8-7-9-13-30)27-42(50)53-40-29-46-21-18-31(40)19-22-46)25-34(26-33)52-23-11-6-4-2-3-5-10-20-44-28-39(48)35-14-16-38(47)43-36(35)15-17-41(49)45-43/h7-9,12-17,24-26,31,37,39-40,44,47-48H,2-6,10-11,18-23,27-29H2,1H3,(H,45,49)/t37?,39-,40-/m0/s1. The predicted octanol–water partition coefficient (Wildman–Crippen LogP) is 6.83. The number of aromatic nitrogens is 1. The zero-order chi connectivity index (χ0) is 37.0. The Balaban J connectivity index is 0.895. The molecule has 10 heteroatoms. The van der Waals surface area contributed by atoms with Crippen LogP contribution in [0.4, 0.5) is 0 Å². The van der Waals surface area contributed by atoms with E-state index in [2.05, 4.69) is 27.3 Å². The highest BCUT2D eigenvalue weighted by Crippen LogP contribution is 2.36. The maximum absolute atomic E-state index is 13.4. The Morgan fingerprint density at radius 1 is 0.906 bits per heavy atom. The van der Waals surface area contributed by atoms with Gasteiger partial charge in [-0.3, -0.25) is 14.5 Å². The number of ether oxygens (including phenoxy) is 3. The number of H-pyrrole nitrogens is 1. The summed E-state index contributed by atoms with van der Waals surface area (Å²) >= 11 is 0. The van der Waals surface area contributed by atoms with E-state index in [1.165, 1.54) is 12.1 Å². The van der Waals surface area contributed by atoms with Gasteiger partial charge < -0.3 is 34.7 Å². The molecule has 0 spiro atoms. The van der Waals surface area contributed by atoms with Crippen LogP contribution in [0.3, 0.4) is 0 Å². The molecule has 3 aliphatic heterocycles. The third-order valence-corrected chi connectivity index (χ3v) is 10.9. The summed E-state index contributed by atoms with van der Waals surface area (Å²) in [6.07, 6.45) is 9.38. The van der Waals surface area contributed by atoms with E-state index < -0.39 is 6.10 Å². The van der Waals surface area contributed by atoms with Gasteiger partial charge in [0.15, 0.2) is 0 Å². The van der Waals surface area contributed by atoms with E-state index in [-0.39, 0.29) is 35.7 Å². The second-order valence-electron chi connectivity index (χ2n) is 14.6. The summed E-state index contributed by atoms with van der Waals surface area (Å²) in [5, 5.41) is 24.8. The largest absolute Gasteiger partial charge is 0.506 e. The first-order valence-corrected chi connectivity index (χ1v) is 19.4. The van der Waals surface area contributed by atoms with E-state index in [0.717, 1.165) is 101 Å². The normalized spacial score (nSPS) is 19.2. The van der Waals surface area contributed by atoms with Gasteiger partial charge in [0.1, 0.15) is 23.4 Å². The Kier molecular flexibility index (Phi) is 13.8. The number of nitrogens with zero attached hydrogens (tertiary/aromatic N) is 1. The predicted molar refractivity (Wildman–Crippen MR) is 207 cm³/mol. The number of aliphatic hydroxyl groups excluding tert-OH is 1. The summed E-state index contributed by atoms with van der Waals surface area (Å²) in [5.74, 6) is 1.59. The van der Waals surface area contributed by atoms with Gasteiger partial charge in [0.25, 0.3) is 0 Å². The maximum atomic E-state index is 13.4. The Hall–Kier alpha value is -4.38. The van der Waals surface area contributed by atoms with Crippen molar-refractivity contribution >= 4 is 16.9 Å². The molecule has 10 nitrogen and oxygen atoms in total. The Morgan fingerprint density at radius 2 is 1.64 bits per heavy atom. The molecule has 7 rings (SSSR count). The van der Waals surface area contributed by atoms with Crippen molar-refractivity contribution in [3.05, 3.63) is 99.8 Å². The van der Waals surface area contributed by atoms with Gasteiger partial charge in [-0.1, -0.05) is 68.5 Å². The van der Waals surface area contributed by atoms with Crippen LogP contribution in [0.25, 0.3) is 10.9 Å². The fraction of sp³-hybridized carbons (Fsp3) is 0.488. The second kappa shape index (κ2) is 19.1. The molecule has 0 amide bonds. The van der Waals surface area contributed by atoms with Gasteiger partial charge in [0, 0.05) is 36.5 Å². The number of esters is 1. The summed E-state index contributed by atoms with van der Waals surface area (Å²) in [6, 6.07) is 22.3. The van der Waals surface area contributed by atoms with Crippen molar-refractivity contribution < 1.29 is 29.2 Å². The zero-order valence-corrected chi connectivity index (χ0v) is 30.9. The number of aliphatic hydroxyl groups is 1. The lowest BCUT2D eigenvalue weighted by molar-refractivity contribution is -0.159. The van der Waals surface area contributed by atoms with Crippen molar-refractivity contribution in [1.29, 1.82) is 0 Å². The third kappa shape index (κ3) is 10.6. The van der Waals surface area contributed by atoms with Crippen molar-refractivity contribution in [2.24, 2.45) is 5.92 Å². The van der Waals surface area contributed by atoms with Crippen molar-refractivity contribution in [2.75, 3.05) is 46.4 Å². The number of aromatic amines is 1. The number of phenols is 1. The Labute approximate surface area is 312 Å². The van der Waals surface area contributed by atoms with Crippen LogP contribution in [0.1, 0.15) is 92.9 Å². The molecular weight excluding hydrogens is 670 g/mol. The van der Waals surface area contributed by atoms with Crippen molar-refractivity contribution in [3.8, 4) is 17.2 Å². The molecule has 4 heterocycles. The fourth-order valence-electron chi connectivity index (χ4n) is 7.86. The molecule has 0 aliphatic carbocycles. The van der Waals surface area contributed by atoms with Gasteiger partial charge in [-0.2, -0.15) is 0 Å². The molecule has 2 bridgehead atoms. The van der Waals surface area contributed by atoms with E-state index in [0.29, 0.717) is 41.3 Å². The number of rotatable bonds is 20. The Bertz CT molecular complexity index is 1820. The number of fused-ring (bicyclic) bond motifs is 4. The number of hydrogen-bond donors (Lipinski definition) is 4. The van der Waals surface area contributed by atoms with Crippen LogP contribution >= 0.6 is 0 Å². The lowest BCUT2D eigenvalue weighted by atomic mass is 9.85. The average molecular weight is 726 g/mol. The highest BCUT2D eigenvalue weighted by atomic mass is 16.5. The lowest BCUT2D eigenvalue weighted by Crippen LogP contribution is -2.52. The van der Waals surface area contributed by atoms with Crippen molar-refractivity contribution in [2.45, 2.75) is 82.3 Å². The number of benzene rings is 3. The maximum Gasteiger partial charge on any atom is 0.307 e. The number of carbonyl (C=O) groups is 1. The summed E-state index contributed by atoms with van der Waals surface area (Å²) in [5.41, 5.74) is 2.76.